The summed E-state index contributed by atoms with van der Waals surface area (Å²) in [5.74, 6) is 0.799. The molecule has 0 saturated heterocycles. The van der Waals surface area contributed by atoms with E-state index in [0.29, 0.717) is 10.6 Å². The van der Waals surface area contributed by atoms with Crippen LogP contribution in [0.5, 0.6) is 5.75 Å². The summed E-state index contributed by atoms with van der Waals surface area (Å²) >= 11 is 3.40. The van der Waals surface area contributed by atoms with E-state index in [9.17, 15) is 8.42 Å². The Bertz CT molecular complexity index is 506. The Hall–Kier alpha value is -0.550. The summed E-state index contributed by atoms with van der Waals surface area (Å²) in [5, 5.41) is 0.753. The molecule has 17 heavy (non-hydrogen) atoms. The molecule has 1 aliphatic carbocycles. The summed E-state index contributed by atoms with van der Waals surface area (Å²) in [6, 6.07) is 6.66. The van der Waals surface area contributed by atoms with E-state index in [1.807, 2.05) is 0 Å². The van der Waals surface area contributed by atoms with Crippen molar-refractivity contribution in [3.05, 3.63) is 24.3 Å². The first-order valence-electron chi connectivity index (χ1n) is 5.44. The Morgan fingerprint density at radius 2 is 2.12 bits per heavy atom. The minimum absolute atomic E-state index is 0.0398. The number of hydrogen-bond donors (Lipinski definition) is 0. The fourth-order valence-corrected chi connectivity index (χ4v) is 4.74. The highest BCUT2D eigenvalue weighted by molar-refractivity contribution is 9.09. The molecule has 0 aliphatic heterocycles. The molecule has 5 heteroatoms. The predicted octanol–water partition coefficient (Wildman–Crippen LogP) is 2.64. The highest BCUT2D eigenvalue weighted by Gasteiger charge is 2.45. The Morgan fingerprint density at radius 3 is 2.65 bits per heavy atom. The minimum atomic E-state index is -3.21. The lowest BCUT2D eigenvalue weighted by atomic mass is 10.2. The van der Waals surface area contributed by atoms with Crippen LogP contribution in [0.4, 0.5) is 0 Å². The number of sulfone groups is 1. The van der Waals surface area contributed by atoms with Crippen molar-refractivity contribution in [1.29, 1.82) is 0 Å². The highest BCUT2D eigenvalue weighted by Crippen LogP contribution is 2.48. The lowest BCUT2D eigenvalue weighted by molar-refractivity contribution is 0.413. The third-order valence-corrected chi connectivity index (χ3v) is 6.29. The van der Waals surface area contributed by atoms with Crippen LogP contribution in [-0.2, 0) is 9.84 Å². The molecule has 0 heterocycles. The van der Waals surface area contributed by atoms with Crippen molar-refractivity contribution in [2.45, 2.75) is 17.7 Å². The molecule has 94 valence electrons. The number of benzene rings is 1. The average molecular weight is 319 g/mol. The molecule has 1 saturated carbocycles. The van der Waals surface area contributed by atoms with Crippen molar-refractivity contribution in [2.24, 2.45) is 5.41 Å². The van der Waals surface area contributed by atoms with Gasteiger partial charge in [0.15, 0.2) is 9.84 Å². The Balaban J connectivity index is 2.25. The summed E-state index contributed by atoms with van der Waals surface area (Å²) in [6.07, 6.45) is 1.98. The van der Waals surface area contributed by atoms with Crippen LogP contribution in [0.1, 0.15) is 12.8 Å². The standard InChI is InChI=1S/C12H15BrO3S/c1-16-10-3-2-4-11(7-10)17(14,15)9-12(8-13)5-6-12/h2-4,7H,5-6,8-9H2,1H3. The van der Waals surface area contributed by atoms with Gasteiger partial charge in [0.1, 0.15) is 5.75 Å². The Morgan fingerprint density at radius 1 is 1.41 bits per heavy atom. The van der Waals surface area contributed by atoms with Gasteiger partial charge in [-0.2, -0.15) is 0 Å². The summed E-state index contributed by atoms with van der Waals surface area (Å²) in [6.45, 7) is 0. The molecule has 0 radical (unpaired) electrons. The second kappa shape index (κ2) is 4.61. The van der Waals surface area contributed by atoms with Gasteiger partial charge in [0, 0.05) is 5.33 Å². The summed E-state index contributed by atoms with van der Waals surface area (Å²) < 4.78 is 29.5. The monoisotopic (exact) mass is 318 g/mol. The van der Waals surface area contributed by atoms with Gasteiger partial charge in [-0.25, -0.2) is 8.42 Å². The molecule has 1 aromatic carbocycles. The molecular formula is C12H15BrO3S. The second-order valence-corrected chi connectivity index (χ2v) is 7.12. The van der Waals surface area contributed by atoms with E-state index in [0.717, 1.165) is 18.2 Å². The second-order valence-electron chi connectivity index (χ2n) is 4.57. The average Bonchev–Trinajstić information content (AvgIpc) is 3.09. The first kappa shape index (κ1) is 12.9. The third-order valence-electron chi connectivity index (χ3n) is 3.14. The van der Waals surface area contributed by atoms with E-state index in [1.165, 1.54) is 7.11 Å². The fraction of sp³-hybridized carbons (Fsp3) is 0.500. The molecule has 0 unspecified atom stereocenters. The van der Waals surface area contributed by atoms with Gasteiger partial charge in [0.25, 0.3) is 0 Å². The molecule has 0 N–H and O–H groups in total. The van der Waals surface area contributed by atoms with Gasteiger partial charge >= 0.3 is 0 Å². The summed E-state index contributed by atoms with van der Waals surface area (Å²) in [4.78, 5) is 0.351. The molecule has 0 atom stereocenters. The van der Waals surface area contributed by atoms with Gasteiger partial charge in [-0.3, -0.25) is 0 Å². The van der Waals surface area contributed by atoms with Crippen molar-refractivity contribution >= 4 is 25.8 Å². The van der Waals surface area contributed by atoms with Crippen LogP contribution in [0, 0.1) is 5.41 Å². The number of halogens is 1. The topological polar surface area (TPSA) is 43.4 Å². The molecule has 3 nitrogen and oxygen atoms in total. The maximum absolute atomic E-state index is 12.2. The van der Waals surface area contributed by atoms with E-state index in [1.54, 1.807) is 24.3 Å². The predicted molar refractivity (Wildman–Crippen MR) is 70.5 cm³/mol. The van der Waals surface area contributed by atoms with Crippen LogP contribution in [0.2, 0.25) is 0 Å². The molecule has 0 bridgehead atoms. The summed E-state index contributed by atoms with van der Waals surface area (Å²) in [5.41, 5.74) is -0.0398. The summed E-state index contributed by atoms with van der Waals surface area (Å²) in [7, 11) is -1.68. The minimum Gasteiger partial charge on any atom is -0.497 e. The van der Waals surface area contributed by atoms with Gasteiger partial charge in [-0.1, -0.05) is 22.0 Å². The van der Waals surface area contributed by atoms with Gasteiger partial charge in [0.05, 0.1) is 17.8 Å². The zero-order valence-corrected chi connectivity index (χ0v) is 12.1. The Kier molecular flexibility index (Phi) is 3.50. The van der Waals surface area contributed by atoms with E-state index < -0.39 is 9.84 Å². The van der Waals surface area contributed by atoms with Crippen LogP contribution in [0.15, 0.2) is 29.2 Å². The number of methoxy groups -OCH3 is 1. The Labute approximate surface area is 110 Å². The van der Waals surface area contributed by atoms with Gasteiger partial charge in [0.2, 0.25) is 0 Å². The SMILES string of the molecule is COc1cccc(S(=O)(=O)CC2(CBr)CC2)c1. The van der Waals surface area contributed by atoms with Crippen molar-refractivity contribution in [3.8, 4) is 5.75 Å². The zero-order valence-electron chi connectivity index (χ0n) is 9.65. The van der Waals surface area contributed by atoms with E-state index >= 15 is 0 Å². The van der Waals surface area contributed by atoms with Crippen LogP contribution < -0.4 is 4.74 Å². The lowest BCUT2D eigenvalue weighted by Crippen LogP contribution is -2.18. The van der Waals surface area contributed by atoms with Crippen LogP contribution >= 0.6 is 15.9 Å². The molecule has 0 amide bonds. The molecular weight excluding hydrogens is 304 g/mol. The molecule has 1 aliphatic rings. The smallest absolute Gasteiger partial charge is 0.179 e. The van der Waals surface area contributed by atoms with E-state index in [4.69, 9.17) is 4.74 Å². The van der Waals surface area contributed by atoms with Crippen LogP contribution in [0.25, 0.3) is 0 Å². The maximum atomic E-state index is 12.2. The zero-order chi connectivity index (χ0) is 12.5. The molecule has 1 fully saturated rings. The molecule has 0 spiro atoms. The van der Waals surface area contributed by atoms with Gasteiger partial charge < -0.3 is 4.74 Å². The third kappa shape index (κ3) is 2.83. The fourth-order valence-electron chi connectivity index (χ4n) is 1.77. The lowest BCUT2D eigenvalue weighted by Gasteiger charge is -2.12. The van der Waals surface area contributed by atoms with Gasteiger partial charge in [-0.05, 0) is 36.5 Å². The van der Waals surface area contributed by atoms with Gasteiger partial charge in [-0.15, -0.1) is 0 Å². The van der Waals surface area contributed by atoms with Crippen molar-refractivity contribution in [3.63, 3.8) is 0 Å². The maximum Gasteiger partial charge on any atom is 0.179 e. The first-order valence-corrected chi connectivity index (χ1v) is 8.22. The molecule has 1 aromatic rings. The van der Waals surface area contributed by atoms with Crippen LogP contribution in [-0.4, -0.2) is 26.6 Å². The molecule has 2 rings (SSSR count). The van der Waals surface area contributed by atoms with Crippen molar-refractivity contribution < 1.29 is 13.2 Å². The largest absolute Gasteiger partial charge is 0.497 e. The molecule has 0 aromatic heterocycles. The number of alkyl halides is 1. The number of rotatable bonds is 5. The number of ether oxygens (including phenoxy) is 1. The van der Waals surface area contributed by atoms with Crippen LogP contribution in [0.3, 0.4) is 0 Å². The van der Waals surface area contributed by atoms with Crippen molar-refractivity contribution in [2.75, 3.05) is 18.2 Å². The highest BCUT2D eigenvalue weighted by atomic mass is 79.9. The van der Waals surface area contributed by atoms with E-state index in [-0.39, 0.29) is 11.2 Å². The van der Waals surface area contributed by atoms with Crippen molar-refractivity contribution in [1.82, 2.24) is 0 Å². The van der Waals surface area contributed by atoms with E-state index in [2.05, 4.69) is 15.9 Å². The first-order chi connectivity index (χ1) is 8.01. The normalized spacial score (nSPS) is 17.8. The number of hydrogen-bond acceptors (Lipinski definition) is 3. The quantitative estimate of drug-likeness (QED) is 0.784.